The SMILES string of the molecule is C/C(=C/[N+](=O)[O-])Nc1ccccc1Br. The number of allylic oxidation sites excluding steroid dienone is 1. The van der Waals surface area contributed by atoms with E-state index >= 15 is 0 Å². The summed E-state index contributed by atoms with van der Waals surface area (Å²) in [5.74, 6) is 0. The van der Waals surface area contributed by atoms with Crippen LogP contribution in [0.2, 0.25) is 0 Å². The van der Waals surface area contributed by atoms with Gasteiger partial charge in [0.15, 0.2) is 0 Å². The highest BCUT2D eigenvalue weighted by molar-refractivity contribution is 9.10. The van der Waals surface area contributed by atoms with Gasteiger partial charge in [-0.25, -0.2) is 0 Å². The maximum absolute atomic E-state index is 10.2. The van der Waals surface area contributed by atoms with Crippen molar-refractivity contribution in [2.45, 2.75) is 6.92 Å². The zero-order valence-electron chi connectivity index (χ0n) is 7.53. The predicted octanol–water partition coefficient (Wildman–Crippen LogP) is 3.00. The fourth-order valence-corrected chi connectivity index (χ4v) is 1.35. The minimum Gasteiger partial charge on any atom is -0.353 e. The fraction of sp³-hybridized carbons (Fsp3) is 0.111. The zero-order chi connectivity index (χ0) is 10.6. The van der Waals surface area contributed by atoms with E-state index in [2.05, 4.69) is 21.2 Å². The third-order valence-electron chi connectivity index (χ3n) is 1.50. The minimum atomic E-state index is -0.487. The van der Waals surface area contributed by atoms with E-state index < -0.39 is 4.92 Å². The molecular formula is C9H9BrN2O2. The second-order valence-corrected chi connectivity index (χ2v) is 3.56. The molecule has 0 radical (unpaired) electrons. The number of halogens is 1. The van der Waals surface area contributed by atoms with Crippen LogP contribution in [0.5, 0.6) is 0 Å². The average Bonchev–Trinajstić information content (AvgIpc) is 2.07. The van der Waals surface area contributed by atoms with Crippen molar-refractivity contribution in [2.24, 2.45) is 0 Å². The number of rotatable bonds is 3. The normalized spacial score (nSPS) is 11.1. The Morgan fingerprint density at radius 3 is 2.79 bits per heavy atom. The molecule has 0 bridgehead atoms. The zero-order valence-corrected chi connectivity index (χ0v) is 9.11. The van der Waals surface area contributed by atoms with E-state index in [1.165, 1.54) is 0 Å². The Labute approximate surface area is 89.9 Å². The van der Waals surface area contributed by atoms with Crippen LogP contribution in [0.3, 0.4) is 0 Å². The Bertz CT molecular complexity index is 377. The van der Waals surface area contributed by atoms with Crippen molar-refractivity contribution >= 4 is 21.6 Å². The van der Waals surface area contributed by atoms with Crippen LogP contribution in [0.25, 0.3) is 0 Å². The van der Waals surface area contributed by atoms with Gasteiger partial charge in [-0.3, -0.25) is 10.1 Å². The Morgan fingerprint density at radius 1 is 1.57 bits per heavy atom. The molecule has 0 spiro atoms. The lowest BCUT2D eigenvalue weighted by molar-refractivity contribution is -0.403. The molecule has 0 aliphatic carbocycles. The van der Waals surface area contributed by atoms with Crippen molar-refractivity contribution in [1.29, 1.82) is 0 Å². The quantitative estimate of drug-likeness (QED) is 0.668. The second-order valence-electron chi connectivity index (χ2n) is 2.70. The highest BCUT2D eigenvalue weighted by Gasteiger charge is 2.00. The van der Waals surface area contributed by atoms with Gasteiger partial charge in [0.1, 0.15) is 0 Å². The second kappa shape index (κ2) is 4.76. The summed E-state index contributed by atoms with van der Waals surface area (Å²) in [6.45, 7) is 1.64. The van der Waals surface area contributed by atoms with E-state index in [9.17, 15) is 10.1 Å². The molecule has 1 rings (SSSR count). The molecule has 0 amide bonds. The summed E-state index contributed by atoms with van der Waals surface area (Å²) in [5.41, 5.74) is 1.30. The number of hydrogen-bond acceptors (Lipinski definition) is 3. The number of anilines is 1. The third kappa shape index (κ3) is 3.18. The van der Waals surface area contributed by atoms with E-state index in [4.69, 9.17) is 0 Å². The topological polar surface area (TPSA) is 55.2 Å². The summed E-state index contributed by atoms with van der Waals surface area (Å²) < 4.78 is 0.871. The first-order valence-corrected chi connectivity index (χ1v) is 4.72. The number of para-hydroxylation sites is 1. The van der Waals surface area contributed by atoms with Crippen molar-refractivity contribution in [3.05, 3.63) is 50.7 Å². The van der Waals surface area contributed by atoms with Crippen molar-refractivity contribution < 1.29 is 4.92 Å². The smallest absolute Gasteiger partial charge is 0.253 e. The molecule has 0 saturated heterocycles. The van der Waals surface area contributed by atoms with Crippen molar-refractivity contribution in [3.8, 4) is 0 Å². The summed E-state index contributed by atoms with van der Waals surface area (Å²) in [6, 6.07) is 7.43. The van der Waals surface area contributed by atoms with Gasteiger partial charge in [0.05, 0.1) is 16.3 Å². The van der Waals surface area contributed by atoms with Gasteiger partial charge in [0.2, 0.25) is 0 Å². The third-order valence-corrected chi connectivity index (χ3v) is 2.20. The molecule has 74 valence electrons. The molecule has 4 nitrogen and oxygen atoms in total. The van der Waals surface area contributed by atoms with Crippen LogP contribution < -0.4 is 5.32 Å². The van der Waals surface area contributed by atoms with Gasteiger partial charge in [-0.15, -0.1) is 0 Å². The number of nitro groups is 1. The van der Waals surface area contributed by atoms with Crippen molar-refractivity contribution in [1.82, 2.24) is 0 Å². The van der Waals surface area contributed by atoms with Crippen LogP contribution in [0.4, 0.5) is 5.69 Å². The highest BCUT2D eigenvalue weighted by Crippen LogP contribution is 2.22. The molecule has 0 unspecified atom stereocenters. The lowest BCUT2D eigenvalue weighted by Crippen LogP contribution is -1.99. The lowest BCUT2D eigenvalue weighted by Gasteiger charge is -2.05. The molecule has 0 atom stereocenters. The highest BCUT2D eigenvalue weighted by atomic mass is 79.9. The predicted molar refractivity (Wildman–Crippen MR) is 58.5 cm³/mol. The molecule has 1 aromatic rings. The Morgan fingerprint density at radius 2 is 2.21 bits per heavy atom. The van der Waals surface area contributed by atoms with Crippen LogP contribution in [0.1, 0.15) is 6.92 Å². The van der Waals surface area contributed by atoms with Crippen LogP contribution >= 0.6 is 15.9 Å². The fourth-order valence-electron chi connectivity index (χ4n) is 0.965. The summed E-state index contributed by atoms with van der Waals surface area (Å²) in [6.07, 6.45) is 0.930. The molecular weight excluding hydrogens is 248 g/mol. The molecule has 1 N–H and O–H groups in total. The summed E-state index contributed by atoms with van der Waals surface area (Å²) in [4.78, 5) is 9.68. The molecule has 5 heteroatoms. The Hall–Kier alpha value is -1.36. The number of hydrogen-bond donors (Lipinski definition) is 1. The van der Waals surface area contributed by atoms with Gasteiger partial charge >= 0.3 is 0 Å². The molecule has 0 heterocycles. The Balaban J connectivity index is 2.79. The van der Waals surface area contributed by atoms with Gasteiger partial charge < -0.3 is 5.32 Å². The van der Waals surface area contributed by atoms with E-state index in [1.54, 1.807) is 6.92 Å². The summed E-state index contributed by atoms with van der Waals surface area (Å²) in [7, 11) is 0. The molecule has 14 heavy (non-hydrogen) atoms. The van der Waals surface area contributed by atoms with Crippen LogP contribution in [-0.4, -0.2) is 4.92 Å². The van der Waals surface area contributed by atoms with E-state index in [-0.39, 0.29) is 0 Å². The maximum Gasteiger partial charge on any atom is 0.253 e. The maximum atomic E-state index is 10.2. The minimum absolute atomic E-state index is 0.487. The molecule has 0 aliphatic heterocycles. The van der Waals surface area contributed by atoms with Crippen molar-refractivity contribution in [3.63, 3.8) is 0 Å². The molecule has 1 aromatic carbocycles. The lowest BCUT2D eigenvalue weighted by atomic mass is 10.3. The number of benzene rings is 1. The van der Waals surface area contributed by atoms with Crippen LogP contribution in [0, 0.1) is 10.1 Å². The van der Waals surface area contributed by atoms with Gasteiger partial charge in [0, 0.05) is 4.47 Å². The van der Waals surface area contributed by atoms with Gasteiger partial charge in [-0.2, -0.15) is 0 Å². The Kier molecular flexibility index (Phi) is 3.64. The molecule has 0 saturated carbocycles. The molecule has 0 aliphatic rings. The monoisotopic (exact) mass is 256 g/mol. The average molecular weight is 257 g/mol. The van der Waals surface area contributed by atoms with Crippen LogP contribution in [-0.2, 0) is 0 Å². The van der Waals surface area contributed by atoms with Gasteiger partial charge in [-0.1, -0.05) is 12.1 Å². The molecule has 0 aromatic heterocycles. The van der Waals surface area contributed by atoms with E-state index in [0.29, 0.717) is 5.70 Å². The standard InChI is InChI=1S/C9H9BrN2O2/c1-7(6-12(13)14)11-9-5-3-2-4-8(9)10/h2-6,11H,1H3/b7-6-. The number of nitrogens with zero attached hydrogens (tertiary/aromatic N) is 1. The van der Waals surface area contributed by atoms with Gasteiger partial charge in [0.25, 0.3) is 6.20 Å². The first-order valence-electron chi connectivity index (χ1n) is 3.93. The van der Waals surface area contributed by atoms with Crippen molar-refractivity contribution in [2.75, 3.05) is 5.32 Å². The summed E-state index contributed by atoms with van der Waals surface area (Å²) in [5, 5.41) is 13.1. The summed E-state index contributed by atoms with van der Waals surface area (Å²) >= 11 is 3.33. The number of nitrogens with one attached hydrogen (secondary N) is 1. The largest absolute Gasteiger partial charge is 0.353 e. The molecule has 0 fully saturated rings. The van der Waals surface area contributed by atoms with Crippen LogP contribution in [0.15, 0.2) is 40.6 Å². The first-order chi connectivity index (χ1) is 6.59. The van der Waals surface area contributed by atoms with Gasteiger partial charge in [-0.05, 0) is 35.0 Å². The first kappa shape index (κ1) is 10.7. The van der Waals surface area contributed by atoms with E-state index in [1.807, 2.05) is 24.3 Å². The van der Waals surface area contributed by atoms with E-state index in [0.717, 1.165) is 16.4 Å².